The third kappa shape index (κ3) is 5.36. The van der Waals surface area contributed by atoms with Crippen molar-refractivity contribution in [2.24, 2.45) is 5.92 Å². The first-order valence-corrected chi connectivity index (χ1v) is 7.56. The van der Waals surface area contributed by atoms with Crippen LogP contribution in [0.15, 0.2) is 0 Å². The quantitative estimate of drug-likeness (QED) is 0.738. The molecule has 0 bridgehead atoms. The molecule has 2 N–H and O–H groups in total. The number of hydrogen-bond acceptors (Lipinski definition) is 3. The Labute approximate surface area is 121 Å². The summed E-state index contributed by atoms with van der Waals surface area (Å²) < 4.78 is 0. The molecule has 116 valence electrons. The summed E-state index contributed by atoms with van der Waals surface area (Å²) in [5.74, 6) is -1.04. The molecule has 1 aliphatic rings. The van der Waals surface area contributed by atoms with E-state index in [1.165, 1.54) is 0 Å². The highest BCUT2D eigenvalue weighted by atomic mass is 16.4. The van der Waals surface area contributed by atoms with Crippen molar-refractivity contribution >= 4 is 12.0 Å². The number of likely N-dealkylation sites (N-methyl/N-ethyl adjacent to an activating group) is 1. The van der Waals surface area contributed by atoms with Crippen LogP contribution in [0.4, 0.5) is 4.79 Å². The van der Waals surface area contributed by atoms with Crippen LogP contribution in [0.5, 0.6) is 0 Å². The highest BCUT2D eigenvalue weighted by molar-refractivity contribution is 5.75. The molecule has 0 radical (unpaired) electrons. The molecule has 1 rings (SSSR count). The van der Waals surface area contributed by atoms with Crippen molar-refractivity contribution in [2.75, 3.05) is 39.3 Å². The number of hydrogen-bond donors (Lipinski definition) is 2. The van der Waals surface area contributed by atoms with E-state index in [0.717, 1.165) is 26.1 Å². The summed E-state index contributed by atoms with van der Waals surface area (Å²) in [6.07, 6.45) is 2.23. The standard InChI is InChI=1S/C14H27N3O3/c1-3-8-16(4-2)11-7-15-14(20)17-9-5-12(6-10-17)13(18)19/h12H,3-11H2,1-2H3,(H,15,20)(H,18,19). The largest absolute Gasteiger partial charge is 0.481 e. The summed E-state index contributed by atoms with van der Waals surface area (Å²) in [6, 6.07) is -0.0682. The Morgan fingerprint density at radius 1 is 1.25 bits per heavy atom. The maximum absolute atomic E-state index is 12.0. The first kappa shape index (κ1) is 16.8. The van der Waals surface area contributed by atoms with Crippen LogP contribution in [0.1, 0.15) is 33.1 Å². The number of carbonyl (C=O) groups is 2. The van der Waals surface area contributed by atoms with E-state index in [2.05, 4.69) is 24.1 Å². The van der Waals surface area contributed by atoms with Crippen molar-refractivity contribution in [3.05, 3.63) is 0 Å². The number of carboxylic acid groups (broad SMARTS) is 1. The molecule has 1 saturated heterocycles. The van der Waals surface area contributed by atoms with Crippen LogP contribution >= 0.6 is 0 Å². The Morgan fingerprint density at radius 2 is 1.90 bits per heavy atom. The second-order valence-corrected chi connectivity index (χ2v) is 5.27. The summed E-state index contributed by atoms with van der Waals surface area (Å²) in [5.41, 5.74) is 0. The number of carboxylic acids is 1. The lowest BCUT2D eigenvalue weighted by atomic mass is 9.97. The number of nitrogens with zero attached hydrogens (tertiary/aromatic N) is 2. The van der Waals surface area contributed by atoms with Gasteiger partial charge in [0.15, 0.2) is 0 Å². The second-order valence-electron chi connectivity index (χ2n) is 5.27. The van der Waals surface area contributed by atoms with Gasteiger partial charge in [0, 0.05) is 26.2 Å². The zero-order chi connectivity index (χ0) is 15.0. The molecule has 6 nitrogen and oxygen atoms in total. The second kappa shape index (κ2) is 8.79. The van der Waals surface area contributed by atoms with Gasteiger partial charge < -0.3 is 20.2 Å². The lowest BCUT2D eigenvalue weighted by Crippen LogP contribution is -2.47. The number of likely N-dealkylation sites (tertiary alicyclic amines) is 1. The zero-order valence-electron chi connectivity index (χ0n) is 12.6. The van der Waals surface area contributed by atoms with Crippen molar-refractivity contribution in [1.29, 1.82) is 0 Å². The van der Waals surface area contributed by atoms with E-state index in [9.17, 15) is 9.59 Å². The molecule has 2 amide bonds. The predicted octanol–water partition coefficient (Wildman–Crippen LogP) is 1.22. The molecule has 20 heavy (non-hydrogen) atoms. The normalized spacial score (nSPS) is 16.4. The summed E-state index contributed by atoms with van der Waals surface area (Å²) in [5, 5.41) is 11.8. The van der Waals surface area contributed by atoms with Crippen LogP contribution in [0, 0.1) is 5.92 Å². The van der Waals surface area contributed by atoms with Gasteiger partial charge in [-0.05, 0) is 32.4 Å². The van der Waals surface area contributed by atoms with Gasteiger partial charge in [0.25, 0.3) is 0 Å². The Hall–Kier alpha value is -1.30. The molecule has 1 heterocycles. The fourth-order valence-corrected chi connectivity index (χ4v) is 2.51. The maximum atomic E-state index is 12.0. The smallest absolute Gasteiger partial charge is 0.317 e. The van der Waals surface area contributed by atoms with Gasteiger partial charge in [-0.1, -0.05) is 13.8 Å². The molecular weight excluding hydrogens is 258 g/mol. The van der Waals surface area contributed by atoms with Crippen LogP contribution in [0.2, 0.25) is 0 Å². The fraction of sp³-hybridized carbons (Fsp3) is 0.857. The average Bonchev–Trinajstić information content (AvgIpc) is 2.46. The third-order valence-electron chi connectivity index (χ3n) is 3.82. The van der Waals surface area contributed by atoms with Crippen LogP contribution in [0.3, 0.4) is 0 Å². The third-order valence-corrected chi connectivity index (χ3v) is 3.82. The SMILES string of the molecule is CCCN(CC)CCNC(=O)N1CCC(C(=O)O)CC1. The molecule has 0 unspecified atom stereocenters. The first-order valence-electron chi connectivity index (χ1n) is 7.56. The molecule has 0 atom stereocenters. The van der Waals surface area contributed by atoms with Gasteiger partial charge in [-0.2, -0.15) is 0 Å². The van der Waals surface area contributed by atoms with Crippen LogP contribution in [-0.2, 0) is 4.79 Å². The van der Waals surface area contributed by atoms with E-state index in [1.54, 1.807) is 4.90 Å². The molecule has 0 aromatic rings. The number of piperidine rings is 1. The van der Waals surface area contributed by atoms with E-state index in [-0.39, 0.29) is 11.9 Å². The number of carbonyl (C=O) groups excluding carboxylic acids is 1. The average molecular weight is 285 g/mol. The Balaban J connectivity index is 2.22. The van der Waals surface area contributed by atoms with Crippen molar-refractivity contribution in [3.63, 3.8) is 0 Å². The maximum Gasteiger partial charge on any atom is 0.317 e. The molecule has 0 aromatic carbocycles. The fourth-order valence-electron chi connectivity index (χ4n) is 2.51. The minimum atomic E-state index is -0.747. The van der Waals surface area contributed by atoms with Gasteiger partial charge in [0.2, 0.25) is 0 Å². The van der Waals surface area contributed by atoms with E-state index in [1.807, 2.05) is 0 Å². The molecule has 1 fully saturated rings. The summed E-state index contributed by atoms with van der Waals surface area (Å²) in [4.78, 5) is 26.8. The first-order chi connectivity index (χ1) is 9.58. The van der Waals surface area contributed by atoms with Crippen molar-refractivity contribution < 1.29 is 14.7 Å². The minimum absolute atomic E-state index is 0.0682. The van der Waals surface area contributed by atoms with Gasteiger partial charge in [0.1, 0.15) is 0 Å². The molecule has 0 aromatic heterocycles. The number of nitrogens with one attached hydrogen (secondary N) is 1. The van der Waals surface area contributed by atoms with Crippen LogP contribution in [-0.4, -0.2) is 66.2 Å². The summed E-state index contributed by atoms with van der Waals surface area (Å²) in [6.45, 7) is 8.89. The number of aliphatic carboxylic acids is 1. The van der Waals surface area contributed by atoms with E-state index >= 15 is 0 Å². The molecule has 0 aliphatic carbocycles. The molecule has 0 spiro atoms. The van der Waals surface area contributed by atoms with Gasteiger partial charge in [-0.3, -0.25) is 4.79 Å². The van der Waals surface area contributed by atoms with E-state index in [4.69, 9.17) is 5.11 Å². The van der Waals surface area contributed by atoms with Crippen molar-refractivity contribution in [2.45, 2.75) is 33.1 Å². The van der Waals surface area contributed by atoms with Crippen LogP contribution in [0.25, 0.3) is 0 Å². The van der Waals surface area contributed by atoms with Crippen molar-refractivity contribution in [1.82, 2.24) is 15.1 Å². The number of amides is 2. The Morgan fingerprint density at radius 3 is 2.40 bits per heavy atom. The number of urea groups is 1. The summed E-state index contributed by atoms with van der Waals surface area (Å²) >= 11 is 0. The molecular formula is C14H27N3O3. The van der Waals surface area contributed by atoms with Gasteiger partial charge in [-0.15, -0.1) is 0 Å². The topological polar surface area (TPSA) is 72.9 Å². The molecule has 1 aliphatic heterocycles. The van der Waals surface area contributed by atoms with Crippen LogP contribution < -0.4 is 5.32 Å². The summed E-state index contributed by atoms with van der Waals surface area (Å²) in [7, 11) is 0. The number of rotatable bonds is 7. The van der Waals surface area contributed by atoms with E-state index < -0.39 is 5.97 Å². The Bertz CT molecular complexity index is 315. The molecule has 0 saturated carbocycles. The highest BCUT2D eigenvalue weighted by Gasteiger charge is 2.26. The highest BCUT2D eigenvalue weighted by Crippen LogP contribution is 2.16. The predicted molar refractivity (Wildman–Crippen MR) is 77.7 cm³/mol. The van der Waals surface area contributed by atoms with Gasteiger partial charge >= 0.3 is 12.0 Å². The lowest BCUT2D eigenvalue weighted by molar-refractivity contribution is -0.143. The van der Waals surface area contributed by atoms with Gasteiger partial charge in [-0.25, -0.2) is 4.79 Å². The minimum Gasteiger partial charge on any atom is -0.481 e. The monoisotopic (exact) mass is 285 g/mol. The zero-order valence-corrected chi connectivity index (χ0v) is 12.6. The van der Waals surface area contributed by atoms with E-state index in [0.29, 0.717) is 32.5 Å². The van der Waals surface area contributed by atoms with Crippen molar-refractivity contribution in [3.8, 4) is 0 Å². The Kier molecular flexibility index (Phi) is 7.36. The van der Waals surface area contributed by atoms with Gasteiger partial charge in [0.05, 0.1) is 5.92 Å². The lowest BCUT2D eigenvalue weighted by Gasteiger charge is -2.30. The molecule has 6 heteroatoms.